The van der Waals surface area contributed by atoms with Crippen LogP contribution in [0.15, 0.2) is 42.6 Å². The van der Waals surface area contributed by atoms with Crippen LogP contribution in [-0.2, 0) is 18.2 Å². The largest absolute Gasteiger partial charge is 0.496 e. The van der Waals surface area contributed by atoms with Gasteiger partial charge in [-0.25, -0.2) is 9.59 Å². The van der Waals surface area contributed by atoms with E-state index in [1.54, 1.807) is 24.1 Å². The van der Waals surface area contributed by atoms with E-state index in [4.69, 9.17) is 15.2 Å². The van der Waals surface area contributed by atoms with Gasteiger partial charge in [0.05, 0.1) is 19.8 Å². The summed E-state index contributed by atoms with van der Waals surface area (Å²) < 4.78 is 12.4. The molecule has 4 rings (SSSR count). The Morgan fingerprint density at radius 1 is 1.09 bits per heavy atom. The monoisotopic (exact) mass is 435 g/mol. The standard InChI is InChI=1S/C25H29N3O4/c1-27-15-18(12-16-8-9-17(24(29)32-3)13-23(16)31-2)21-14-20(10-11-22(21)27)28(25(26)30)19-6-4-5-7-19/h8-11,13-15,19H,4-7,12H2,1-3H3,(H2,26,30). The maximum Gasteiger partial charge on any atom is 0.337 e. The maximum absolute atomic E-state index is 12.3. The van der Waals surface area contributed by atoms with Crippen molar-refractivity contribution in [1.82, 2.24) is 4.57 Å². The van der Waals surface area contributed by atoms with Crippen molar-refractivity contribution in [1.29, 1.82) is 0 Å². The predicted octanol–water partition coefficient (Wildman–Crippen LogP) is 4.39. The Bertz CT molecular complexity index is 1160. The van der Waals surface area contributed by atoms with E-state index in [0.717, 1.165) is 53.4 Å². The molecule has 1 heterocycles. The fourth-order valence-corrected chi connectivity index (χ4v) is 4.77. The van der Waals surface area contributed by atoms with Crippen molar-refractivity contribution >= 4 is 28.6 Å². The molecule has 1 fully saturated rings. The minimum absolute atomic E-state index is 0.156. The average Bonchev–Trinajstić information content (AvgIpc) is 3.42. The molecule has 0 saturated heterocycles. The lowest BCUT2D eigenvalue weighted by Crippen LogP contribution is -2.42. The van der Waals surface area contributed by atoms with E-state index in [1.807, 2.05) is 25.2 Å². The van der Waals surface area contributed by atoms with E-state index in [2.05, 4.69) is 16.8 Å². The Kier molecular flexibility index (Phi) is 6.08. The van der Waals surface area contributed by atoms with Gasteiger partial charge in [0, 0.05) is 42.3 Å². The van der Waals surface area contributed by atoms with E-state index in [1.165, 1.54) is 7.11 Å². The number of primary amides is 1. The molecule has 0 unspecified atom stereocenters. The van der Waals surface area contributed by atoms with E-state index in [0.29, 0.717) is 17.7 Å². The molecule has 7 nitrogen and oxygen atoms in total. The first kappa shape index (κ1) is 21.7. The van der Waals surface area contributed by atoms with Crippen LogP contribution in [0, 0.1) is 0 Å². The number of rotatable bonds is 6. The van der Waals surface area contributed by atoms with E-state index in [9.17, 15) is 9.59 Å². The van der Waals surface area contributed by atoms with Gasteiger partial charge in [-0.2, -0.15) is 0 Å². The van der Waals surface area contributed by atoms with Crippen LogP contribution in [0.4, 0.5) is 10.5 Å². The number of hydrogen-bond acceptors (Lipinski definition) is 4. The molecule has 168 valence electrons. The number of aromatic nitrogens is 1. The Balaban J connectivity index is 1.73. The molecule has 0 atom stereocenters. The minimum Gasteiger partial charge on any atom is -0.496 e. The number of carbonyl (C=O) groups excluding carboxylic acids is 2. The second-order valence-corrected chi connectivity index (χ2v) is 8.31. The number of carbonyl (C=O) groups is 2. The summed E-state index contributed by atoms with van der Waals surface area (Å²) >= 11 is 0. The third-order valence-electron chi connectivity index (χ3n) is 6.35. The minimum atomic E-state index is -0.409. The molecule has 2 amide bonds. The van der Waals surface area contributed by atoms with Gasteiger partial charge in [-0.1, -0.05) is 18.9 Å². The molecule has 2 N–H and O–H groups in total. The Morgan fingerprint density at radius 2 is 1.84 bits per heavy atom. The number of hydrogen-bond donors (Lipinski definition) is 1. The zero-order chi connectivity index (χ0) is 22.8. The van der Waals surface area contributed by atoms with E-state index < -0.39 is 12.0 Å². The van der Waals surface area contributed by atoms with Gasteiger partial charge in [0.2, 0.25) is 0 Å². The second kappa shape index (κ2) is 8.94. The van der Waals surface area contributed by atoms with Crippen LogP contribution in [0.3, 0.4) is 0 Å². The van der Waals surface area contributed by atoms with Crippen molar-refractivity contribution in [2.24, 2.45) is 12.8 Å². The summed E-state index contributed by atoms with van der Waals surface area (Å²) in [5, 5.41) is 1.06. The fourth-order valence-electron chi connectivity index (χ4n) is 4.77. The number of fused-ring (bicyclic) bond motifs is 1. The van der Waals surface area contributed by atoms with Crippen LogP contribution in [0.2, 0.25) is 0 Å². The number of nitrogens with zero attached hydrogens (tertiary/aromatic N) is 2. The van der Waals surface area contributed by atoms with Crippen molar-refractivity contribution in [2.75, 3.05) is 19.1 Å². The van der Waals surface area contributed by atoms with Gasteiger partial charge in [0.25, 0.3) is 0 Å². The van der Waals surface area contributed by atoms with E-state index >= 15 is 0 Å². The Hall–Kier alpha value is -3.48. The highest BCUT2D eigenvalue weighted by Crippen LogP contribution is 2.33. The molecular formula is C25H29N3O4. The second-order valence-electron chi connectivity index (χ2n) is 8.31. The van der Waals surface area contributed by atoms with Crippen LogP contribution in [0.5, 0.6) is 5.75 Å². The van der Waals surface area contributed by atoms with Crippen molar-refractivity contribution in [3.63, 3.8) is 0 Å². The van der Waals surface area contributed by atoms with Gasteiger partial charge in [-0.15, -0.1) is 0 Å². The number of nitrogens with two attached hydrogens (primary N) is 1. The molecule has 0 spiro atoms. The summed E-state index contributed by atoms with van der Waals surface area (Å²) in [6.07, 6.45) is 6.90. The first-order chi connectivity index (χ1) is 15.4. The van der Waals surface area contributed by atoms with Gasteiger partial charge in [0.1, 0.15) is 5.75 Å². The zero-order valence-corrected chi connectivity index (χ0v) is 18.8. The van der Waals surface area contributed by atoms with Gasteiger partial charge >= 0.3 is 12.0 Å². The SMILES string of the molecule is COC(=O)c1ccc(Cc2cn(C)c3ccc(N(C(N)=O)C4CCCC4)cc23)c(OC)c1. The van der Waals surface area contributed by atoms with Gasteiger partial charge in [-0.3, -0.25) is 4.90 Å². The number of amides is 2. The van der Waals surface area contributed by atoms with Crippen LogP contribution < -0.4 is 15.4 Å². The fraction of sp³-hybridized carbons (Fsp3) is 0.360. The quantitative estimate of drug-likeness (QED) is 0.582. The molecule has 1 aliphatic rings. The summed E-state index contributed by atoms with van der Waals surface area (Å²) in [6.45, 7) is 0. The number of anilines is 1. The highest BCUT2D eigenvalue weighted by atomic mass is 16.5. The summed E-state index contributed by atoms with van der Waals surface area (Å²) in [5.74, 6) is 0.230. The topological polar surface area (TPSA) is 86.8 Å². The lowest BCUT2D eigenvalue weighted by molar-refractivity contribution is 0.0600. The normalized spacial score (nSPS) is 14.0. The third-order valence-corrected chi connectivity index (χ3v) is 6.35. The highest BCUT2D eigenvalue weighted by Gasteiger charge is 2.27. The van der Waals surface area contributed by atoms with Crippen molar-refractivity contribution < 1.29 is 19.1 Å². The lowest BCUT2D eigenvalue weighted by atomic mass is 10.0. The van der Waals surface area contributed by atoms with Crippen LogP contribution in [0.25, 0.3) is 10.9 Å². The Labute approximate surface area is 187 Å². The number of urea groups is 1. The van der Waals surface area contributed by atoms with Crippen LogP contribution in [-0.4, -0.2) is 36.8 Å². The number of benzene rings is 2. The van der Waals surface area contributed by atoms with Crippen LogP contribution >= 0.6 is 0 Å². The molecule has 3 aromatic rings. The molecule has 0 bridgehead atoms. The molecule has 7 heteroatoms. The van der Waals surface area contributed by atoms with E-state index in [-0.39, 0.29) is 6.04 Å². The smallest absolute Gasteiger partial charge is 0.337 e. The molecule has 1 aliphatic carbocycles. The highest BCUT2D eigenvalue weighted by molar-refractivity contribution is 5.96. The summed E-state index contributed by atoms with van der Waals surface area (Å²) in [6, 6.07) is 11.2. The van der Waals surface area contributed by atoms with Crippen molar-refractivity contribution in [3.05, 3.63) is 59.3 Å². The first-order valence-corrected chi connectivity index (χ1v) is 10.8. The summed E-state index contributed by atoms with van der Waals surface area (Å²) in [5.41, 5.74) is 10.2. The van der Waals surface area contributed by atoms with Crippen LogP contribution in [0.1, 0.15) is 47.2 Å². The van der Waals surface area contributed by atoms with Crippen molar-refractivity contribution in [2.45, 2.75) is 38.1 Å². The molecule has 0 aliphatic heterocycles. The van der Waals surface area contributed by atoms with Gasteiger partial charge in [0.15, 0.2) is 0 Å². The number of esters is 1. The average molecular weight is 436 g/mol. The number of aryl methyl sites for hydroxylation is 1. The molecular weight excluding hydrogens is 406 g/mol. The predicted molar refractivity (Wildman–Crippen MR) is 124 cm³/mol. The number of methoxy groups -OCH3 is 2. The maximum atomic E-state index is 12.3. The zero-order valence-electron chi connectivity index (χ0n) is 18.8. The summed E-state index contributed by atoms with van der Waals surface area (Å²) in [7, 11) is 4.96. The number of ether oxygens (including phenoxy) is 2. The molecule has 32 heavy (non-hydrogen) atoms. The lowest BCUT2D eigenvalue weighted by Gasteiger charge is -2.27. The Morgan fingerprint density at radius 3 is 2.50 bits per heavy atom. The molecule has 0 radical (unpaired) electrons. The summed E-state index contributed by atoms with van der Waals surface area (Å²) in [4.78, 5) is 25.9. The van der Waals surface area contributed by atoms with Crippen molar-refractivity contribution in [3.8, 4) is 5.75 Å². The van der Waals surface area contributed by atoms with Gasteiger partial charge in [-0.05, 0) is 54.3 Å². The van der Waals surface area contributed by atoms with Gasteiger partial charge < -0.3 is 19.8 Å². The molecule has 1 aromatic heterocycles. The molecule has 2 aromatic carbocycles. The first-order valence-electron chi connectivity index (χ1n) is 10.8. The third kappa shape index (κ3) is 4.02. The molecule has 1 saturated carbocycles.